The number of aromatic nitrogens is 2. The number of nitrogens with zero attached hydrogens (tertiary/aromatic N) is 2. The van der Waals surface area contributed by atoms with Crippen molar-refractivity contribution in [3.8, 4) is 5.69 Å². The van der Waals surface area contributed by atoms with Gasteiger partial charge in [-0.2, -0.15) is 0 Å². The predicted molar refractivity (Wildman–Crippen MR) is 124 cm³/mol. The van der Waals surface area contributed by atoms with Crippen molar-refractivity contribution in [2.75, 3.05) is 0 Å². The van der Waals surface area contributed by atoms with Gasteiger partial charge in [-0.15, -0.1) is 0 Å². The standard InChI is InChI=1S/C27H36N2.Au.ClH/c1-17(2)24-11-10-12-25(18(3)4)27(24)29-16-28(22(8)23(29)9)15-26-20(6)13-19(5)14-21(26)7;;/h10-14,17-18H,15H2,1-9H3;;1H/q;+1;/p-1. The van der Waals surface area contributed by atoms with Crippen molar-refractivity contribution in [3.05, 3.63) is 78.7 Å². The first-order valence-corrected chi connectivity index (χ1v) is 12.1. The van der Waals surface area contributed by atoms with E-state index in [-0.39, 0.29) is 12.4 Å². The van der Waals surface area contributed by atoms with Gasteiger partial charge in [0.1, 0.15) is 0 Å². The third kappa shape index (κ3) is 4.88. The molecule has 0 fully saturated rings. The van der Waals surface area contributed by atoms with Gasteiger partial charge >= 0.3 is 195 Å². The Bertz CT molecular complexity index is 1100. The zero-order valence-corrected chi connectivity index (χ0v) is 23.2. The predicted octanol–water partition coefficient (Wildman–Crippen LogP) is 4.20. The molecular formula is C27H36AuClN2. The van der Waals surface area contributed by atoms with E-state index in [4.69, 9.17) is 0 Å². The number of para-hydroxylation sites is 1. The van der Waals surface area contributed by atoms with Gasteiger partial charge in [0.05, 0.1) is 0 Å². The average Bonchev–Trinajstić information content (AvgIpc) is 2.86. The van der Waals surface area contributed by atoms with Crippen LogP contribution in [-0.2, 0) is 27.1 Å². The van der Waals surface area contributed by atoms with Crippen LogP contribution >= 0.6 is 0 Å². The molecule has 4 heteroatoms. The Morgan fingerprint density at radius 2 is 1.29 bits per heavy atom. The van der Waals surface area contributed by atoms with Crippen LogP contribution in [0.25, 0.3) is 5.69 Å². The summed E-state index contributed by atoms with van der Waals surface area (Å²) in [6, 6.07) is 11.4. The normalized spacial score (nSPS) is 11.4. The Morgan fingerprint density at radius 1 is 0.806 bits per heavy atom. The second-order valence-electron chi connectivity index (χ2n) is 9.30. The van der Waals surface area contributed by atoms with E-state index in [1.165, 1.54) is 54.1 Å². The van der Waals surface area contributed by atoms with Crippen molar-refractivity contribution in [2.24, 2.45) is 0 Å². The fourth-order valence-electron chi connectivity index (χ4n) is 4.55. The summed E-state index contributed by atoms with van der Waals surface area (Å²) in [5.74, 6) is 0.951. The van der Waals surface area contributed by atoms with E-state index in [1.807, 2.05) is 0 Å². The van der Waals surface area contributed by atoms with Gasteiger partial charge in [0.2, 0.25) is 0 Å². The molecule has 0 saturated heterocycles. The molecule has 0 N–H and O–H groups in total. The largest absolute Gasteiger partial charge is 1.00 e. The van der Waals surface area contributed by atoms with Gasteiger partial charge in [0.15, 0.2) is 0 Å². The number of benzene rings is 2. The summed E-state index contributed by atoms with van der Waals surface area (Å²) in [5.41, 5.74) is 12.4. The molecule has 0 saturated carbocycles. The monoisotopic (exact) mass is 620 g/mol. The van der Waals surface area contributed by atoms with Crippen molar-refractivity contribution in [1.82, 2.24) is 9.13 Å². The Balaban J connectivity index is 0.00000341. The van der Waals surface area contributed by atoms with Gasteiger partial charge in [-0.25, -0.2) is 0 Å². The SMILES string of the molecule is Cc1cc(C)c(Cn2c(C)c(C)n(-c3c(C(C)C)cccc3C(C)C)[c]2=[Au+])c(C)c1.[Cl-]. The molecule has 3 aromatic rings. The second kappa shape index (κ2) is 10.1. The van der Waals surface area contributed by atoms with Crippen LogP contribution in [0.2, 0.25) is 0 Å². The number of aryl methyl sites for hydroxylation is 3. The maximum atomic E-state index is 2.79. The van der Waals surface area contributed by atoms with Gasteiger partial charge in [-0.3, -0.25) is 0 Å². The minimum atomic E-state index is 0. The molecule has 2 aromatic carbocycles. The van der Waals surface area contributed by atoms with Crippen LogP contribution in [0.4, 0.5) is 0 Å². The number of hydrogen-bond donors (Lipinski definition) is 0. The number of halogens is 1. The maximum Gasteiger partial charge on any atom is -1.00 e. The van der Waals surface area contributed by atoms with Crippen molar-refractivity contribution >= 4 is 0 Å². The molecule has 1 aromatic heterocycles. The molecular weight excluding hydrogens is 585 g/mol. The molecule has 0 amide bonds. The van der Waals surface area contributed by atoms with Gasteiger partial charge in [0.25, 0.3) is 0 Å². The van der Waals surface area contributed by atoms with Crippen molar-refractivity contribution in [3.63, 3.8) is 0 Å². The molecule has 0 unspecified atom stereocenters. The fraction of sp³-hybridized carbons (Fsp3) is 0.444. The van der Waals surface area contributed by atoms with E-state index in [1.54, 1.807) is 0 Å². The minimum Gasteiger partial charge on any atom is -1.00 e. The molecule has 0 spiro atoms. The molecule has 0 bridgehead atoms. The van der Waals surface area contributed by atoms with Crippen molar-refractivity contribution < 1.29 is 33.0 Å². The van der Waals surface area contributed by atoms with E-state index in [0.717, 1.165) is 6.54 Å². The zero-order chi connectivity index (χ0) is 22.3. The summed E-state index contributed by atoms with van der Waals surface area (Å²) in [6.07, 6.45) is 0. The molecule has 0 aliphatic heterocycles. The molecule has 0 radical (unpaired) electrons. The van der Waals surface area contributed by atoms with E-state index >= 15 is 0 Å². The summed E-state index contributed by atoms with van der Waals surface area (Å²) in [4.78, 5) is 0. The van der Waals surface area contributed by atoms with Crippen molar-refractivity contribution in [1.29, 1.82) is 0 Å². The first kappa shape index (κ1) is 25.9. The Hall–Kier alpha value is -1.32. The van der Waals surface area contributed by atoms with Crippen LogP contribution in [0.15, 0.2) is 30.3 Å². The number of rotatable bonds is 5. The Kier molecular flexibility index (Phi) is 8.44. The van der Waals surface area contributed by atoms with Crippen LogP contribution in [0.1, 0.15) is 84.3 Å². The third-order valence-corrected chi connectivity index (χ3v) is 7.43. The first-order chi connectivity index (χ1) is 14.0. The second-order valence-corrected chi connectivity index (χ2v) is 10.3. The third-order valence-electron chi connectivity index (χ3n) is 6.36. The summed E-state index contributed by atoms with van der Waals surface area (Å²) in [7, 11) is 0. The van der Waals surface area contributed by atoms with E-state index in [0.29, 0.717) is 11.8 Å². The molecule has 0 atom stereocenters. The topological polar surface area (TPSA) is 9.86 Å². The van der Waals surface area contributed by atoms with Crippen LogP contribution in [0.5, 0.6) is 0 Å². The smallest absolute Gasteiger partial charge is 1.00 e. The molecule has 0 aliphatic rings. The van der Waals surface area contributed by atoms with E-state index in [9.17, 15) is 0 Å². The number of imidazole rings is 1. The zero-order valence-electron chi connectivity index (χ0n) is 20.3. The van der Waals surface area contributed by atoms with Gasteiger partial charge < -0.3 is 12.4 Å². The fourth-order valence-corrected chi connectivity index (χ4v) is 5.69. The summed E-state index contributed by atoms with van der Waals surface area (Å²) >= 11 is 2.79. The summed E-state index contributed by atoms with van der Waals surface area (Å²) in [5, 5.41) is 0. The van der Waals surface area contributed by atoms with E-state index < -0.39 is 0 Å². The average molecular weight is 621 g/mol. The van der Waals surface area contributed by atoms with Crippen LogP contribution < -0.4 is 12.4 Å². The Labute approximate surface area is 206 Å². The van der Waals surface area contributed by atoms with Crippen molar-refractivity contribution in [2.45, 2.75) is 80.7 Å². The number of hydrogen-bond acceptors (Lipinski definition) is 0. The van der Waals surface area contributed by atoms with E-state index in [2.05, 4.69) is 122 Å². The van der Waals surface area contributed by atoms with Gasteiger partial charge in [-0.1, -0.05) is 0 Å². The van der Waals surface area contributed by atoms with Gasteiger partial charge in [0, 0.05) is 0 Å². The van der Waals surface area contributed by atoms with Gasteiger partial charge in [-0.05, 0) is 0 Å². The molecule has 2 nitrogen and oxygen atoms in total. The molecule has 172 valence electrons. The molecule has 0 aliphatic carbocycles. The summed E-state index contributed by atoms with van der Waals surface area (Å²) < 4.78 is 6.21. The molecule has 3 rings (SSSR count). The molecule has 1 heterocycles. The maximum absolute atomic E-state index is 2.79. The molecule has 31 heavy (non-hydrogen) atoms. The van der Waals surface area contributed by atoms with Crippen LogP contribution in [0.3, 0.4) is 0 Å². The van der Waals surface area contributed by atoms with Crippen LogP contribution in [-0.4, -0.2) is 9.13 Å². The minimum absolute atomic E-state index is 0. The first-order valence-electron chi connectivity index (χ1n) is 11.0. The summed E-state index contributed by atoms with van der Waals surface area (Å²) in [6.45, 7) is 21.3. The van der Waals surface area contributed by atoms with Crippen LogP contribution in [0, 0.1) is 38.2 Å². The Morgan fingerprint density at radius 3 is 1.74 bits per heavy atom. The quantitative estimate of drug-likeness (QED) is 0.379.